The predicted octanol–water partition coefficient (Wildman–Crippen LogP) is 2.09. The predicted molar refractivity (Wildman–Crippen MR) is 60.7 cm³/mol. The van der Waals surface area contributed by atoms with E-state index < -0.39 is 9.84 Å². The molecular formula is C9H9IO2S. The van der Waals surface area contributed by atoms with Crippen LogP contribution in [0.4, 0.5) is 0 Å². The van der Waals surface area contributed by atoms with Gasteiger partial charge in [-0.2, -0.15) is 0 Å². The van der Waals surface area contributed by atoms with Crippen LogP contribution in [0, 0.1) is 0 Å². The standard InChI is InChI=1S/C9H9IO2S/c10-9-6-13(11,12)5-7-3-1-2-4-8(7)9/h1-4,9H,5-6H2. The summed E-state index contributed by atoms with van der Waals surface area (Å²) < 4.78 is 23.0. The fraction of sp³-hybridized carbons (Fsp3) is 0.333. The Hall–Kier alpha value is -0.100. The van der Waals surface area contributed by atoms with Gasteiger partial charge in [-0.15, -0.1) is 0 Å². The normalized spacial score (nSPS) is 25.2. The van der Waals surface area contributed by atoms with E-state index in [4.69, 9.17) is 0 Å². The van der Waals surface area contributed by atoms with Gasteiger partial charge in [0.05, 0.1) is 15.4 Å². The van der Waals surface area contributed by atoms with Gasteiger partial charge in [0.25, 0.3) is 0 Å². The van der Waals surface area contributed by atoms with Gasteiger partial charge in [-0.05, 0) is 11.1 Å². The van der Waals surface area contributed by atoms with Gasteiger partial charge in [0, 0.05) is 0 Å². The highest BCUT2D eigenvalue weighted by molar-refractivity contribution is 14.1. The van der Waals surface area contributed by atoms with Gasteiger partial charge in [-0.1, -0.05) is 46.9 Å². The van der Waals surface area contributed by atoms with Crippen molar-refractivity contribution in [3.05, 3.63) is 35.4 Å². The van der Waals surface area contributed by atoms with Crippen LogP contribution in [0.15, 0.2) is 24.3 Å². The summed E-state index contributed by atoms with van der Waals surface area (Å²) >= 11 is 2.19. The fourth-order valence-electron chi connectivity index (χ4n) is 1.58. The Labute approximate surface area is 91.4 Å². The van der Waals surface area contributed by atoms with Crippen LogP contribution < -0.4 is 0 Å². The molecule has 0 bridgehead atoms. The Bertz CT molecular complexity index is 425. The first-order chi connectivity index (χ1) is 6.08. The van der Waals surface area contributed by atoms with E-state index in [0.29, 0.717) is 0 Å². The van der Waals surface area contributed by atoms with Gasteiger partial charge >= 0.3 is 0 Å². The van der Waals surface area contributed by atoms with Gasteiger partial charge in [-0.25, -0.2) is 8.42 Å². The van der Waals surface area contributed by atoms with Gasteiger partial charge in [-0.3, -0.25) is 0 Å². The van der Waals surface area contributed by atoms with Crippen LogP contribution in [0.1, 0.15) is 15.1 Å². The zero-order valence-electron chi connectivity index (χ0n) is 6.90. The number of halogens is 1. The van der Waals surface area contributed by atoms with Crippen LogP contribution >= 0.6 is 22.6 Å². The molecule has 1 unspecified atom stereocenters. The molecule has 0 saturated heterocycles. The molecule has 0 fully saturated rings. The largest absolute Gasteiger partial charge is 0.228 e. The molecule has 70 valence electrons. The molecule has 1 heterocycles. The number of benzene rings is 1. The summed E-state index contributed by atoms with van der Waals surface area (Å²) in [6.07, 6.45) is 0. The van der Waals surface area contributed by atoms with Gasteiger partial charge < -0.3 is 0 Å². The van der Waals surface area contributed by atoms with E-state index in [-0.39, 0.29) is 15.4 Å². The van der Waals surface area contributed by atoms with E-state index in [2.05, 4.69) is 22.6 Å². The first kappa shape index (κ1) is 9.45. The molecule has 2 nitrogen and oxygen atoms in total. The van der Waals surface area contributed by atoms with Crippen molar-refractivity contribution in [1.29, 1.82) is 0 Å². The summed E-state index contributed by atoms with van der Waals surface area (Å²) in [5, 5.41) is 0. The topological polar surface area (TPSA) is 34.1 Å². The second-order valence-corrected chi connectivity index (χ2v) is 6.83. The maximum absolute atomic E-state index is 11.4. The highest BCUT2D eigenvalue weighted by Gasteiger charge is 2.27. The van der Waals surface area contributed by atoms with Crippen LogP contribution in [0.5, 0.6) is 0 Å². The summed E-state index contributed by atoms with van der Waals surface area (Å²) in [6, 6.07) is 7.77. The number of hydrogen-bond acceptors (Lipinski definition) is 2. The fourth-order valence-corrected chi connectivity index (χ4v) is 5.31. The lowest BCUT2D eigenvalue weighted by molar-refractivity contribution is 0.592. The van der Waals surface area contributed by atoms with Crippen molar-refractivity contribution in [3.8, 4) is 0 Å². The molecule has 1 aliphatic rings. The minimum absolute atomic E-state index is 0.118. The molecule has 0 amide bonds. The van der Waals surface area contributed by atoms with Crippen molar-refractivity contribution in [1.82, 2.24) is 0 Å². The molecule has 1 aliphatic heterocycles. The Morgan fingerprint density at radius 1 is 1.31 bits per heavy atom. The van der Waals surface area contributed by atoms with E-state index in [1.54, 1.807) is 0 Å². The third kappa shape index (κ3) is 1.88. The number of hydrogen-bond donors (Lipinski definition) is 0. The molecule has 0 saturated carbocycles. The molecule has 2 rings (SSSR count). The summed E-state index contributed by atoms with van der Waals surface area (Å²) in [7, 11) is -2.85. The number of alkyl halides is 1. The summed E-state index contributed by atoms with van der Waals surface area (Å²) in [5.41, 5.74) is 2.14. The second-order valence-electron chi connectivity index (χ2n) is 3.22. The zero-order chi connectivity index (χ0) is 9.47. The first-order valence-corrected chi connectivity index (χ1v) is 7.07. The molecular weight excluding hydrogens is 299 g/mol. The third-order valence-electron chi connectivity index (χ3n) is 2.17. The zero-order valence-corrected chi connectivity index (χ0v) is 9.88. The summed E-state index contributed by atoms with van der Waals surface area (Å²) in [4.78, 5) is 0. The Morgan fingerprint density at radius 3 is 2.77 bits per heavy atom. The van der Waals surface area contributed by atoms with E-state index in [0.717, 1.165) is 5.56 Å². The molecule has 13 heavy (non-hydrogen) atoms. The van der Waals surface area contributed by atoms with Gasteiger partial charge in [0.2, 0.25) is 0 Å². The smallest absolute Gasteiger partial charge is 0.155 e. The molecule has 1 aromatic carbocycles. The molecule has 0 aromatic heterocycles. The molecule has 0 radical (unpaired) electrons. The maximum Gasteiger partial charge on any atom is 0.155 e. The molecule has 0 N–H and O–H groups in total. The lowest BCUT2D eigenvalue weighted by Gasteiger charge is -2.20. The van der Waals surface area contributed by atoms with Crippen LogP contribution in [0.3, 0.4) is 0 Å². The van der Waals surface area contributed by atoms with Crippen molar-refractivity contribution in [2.24, 2.45) is 0 Å². The Kier molecular flexibility index (Phi) is 2.35. The van der Waals surface area contributed by atoms with Crippen molar-refractivity contribution in [2.45, 2.75) is 9.68 Å². The van der Waals surface area contributed by atoms with Crippen molar-refractivity contribution in [3.63, 3.8) is 0 Å². The third-order valence-corrected chi connectivity index (χ3v) is 5.47. The van der Waals surface area contributed by atoms with Crippen molar-refractivity contribution in [2.75, 3.05) is 5.75 Å². The Morgan fingerprint density at radius 2 is 2.00 bits per heavy atom. The maximum atomic E-state index is 11.4. The minimum Gasteiger partial charge on any atom is -0.228 e. The molecule has 0 spiro atoms. The van der Waals surface area contributed by atoms with Crippen LogP contribution in [-0.4, -0.2) is 14.2 Å². The monoisotopic (exact) mass is 308 g/mol. The lowest BCUT2D eigenvalue weighted by Crippen LogP contribution is -2.20. The quantitative estimate of drug-likeness (QED) is 0.543. The molecule has 1 atom stereocenters. The molecule has 4 heteroatoms. The highest BCUT2D eigenvalue weighted by Crippen LogP contribution is 2.33. The average Bonchev–Trinajstić information content (AvgIpc) is 2.02. The number of rotatable bonds is 0. The number of fused-ring (bicyclic) bond motifs is 1. The van der Waals surface area contributed by atoms with Crippen LogP contribution in [-0.2, 0) is 15.6 Å². The SMILES string of the molecule is O=S1(=O)Cc2ccccc2C(I)C1. The molecule has 1 aromatic rings. The minimum atomic E-state index is -2.85. The number of sulfone groups is 1. The Balaban J connectivity index is 2.55. The second kappa shape index (κ2) is 3.24. The van der Waals surface area contributed by atoms with E-state index >= 15 is 0 Å². The summed E-state index contributed by atoms with van der Waals surface area (Å²) in [6.45, 7) is 0. The lowest BCUT2D eigenvalue weighted by atomic mass is 10.1. The van der Waals surface area contributed by atoms with E-state index in [9.17, 15) is 8.42 Å². The van der Waals surface area contributed by atoms with Gasteiger partial charge in [0.1, 0.15) is 0 Å². The highest BCUT2D eigenvalue weighted by atomic mass is 127. The van der Waals surface area contributed by atoms with Crippen molar-refractivity contribution >= 4 is 32.4 Å². The average molecular weight is 308 g/mol. The first-order valence-electron chi connectivity index (χ1n) is 4.01. The van der Waals surface area contributed by atoms with E-state index in [1.807, 2.05) is 24.3 Å². The van der Waals surface area contributed by atoms with Crippen LogP contribution in [0.2, 0.25) is 0 Å². The van der Waals surface area contributed by atoms with Crippen LogP contribution in [0.25, 0.3) is 0 Å². The van der Waals surface area contributed by atoms with E-state index in [1.165, 1.54) is 5.56 Å². The van der Waals surface area contributed by atoms with Gasteiger partial charge in [0.15, 0.2) is 9.84 Å². The summed E-state index contributed by atoms with van der Waals surface area (Å²) in [5.74, 6) is 0.493. The molecule has 0 aliphatic carbocycles. The van der Waals surface area contributed by atoms with Crippen molar-refractivity contribution < 1.29 is 8.42 Å².